The van der Waals surface area contributed by atoms with Gasteiger partial charge in [-0.15, -0.1) is 0 Å². The van der Waals surface area contributed by atoms with Crippen LogP contribution in [0.1, 0.15) is 11.1 Å². The molecule has 3 aromatic rings. The van der Waals surface area contributed by atoms with E-state index >= 15 is 0 Å². The molecule has 0 spiro atoms. The average molecular weight is 492 g/mol. The molecule has 0 N–H and O–H groups in total. The summed E-state index contributed by atoms with van der Waals surface area (Å²) in [4.78, 5) is 13.1. The standard InChI is InChI=1S/C24H21N5O5S/c1-34-21-11-6-8-19(18-21)15-17-28(16-7-10-20-9-2-3-12-22(20)26-27-25)35(32,33)24-14-5-4-13-23(24)29(30)31/h2-6,8-9,11-14,18H,15-17H2,1H3. The largest absolute Gasteiger partial charge is 0.497 e. The average Bonchev–Trinajstić information content (AvgIpc) is 2.87. The first-order valence-electron chi connectivity index (χ1n) is 10.4. The maximum Gasteiger partial charge on any atom is 0.289 e. The van der Waals surface area contributed by atoms with Gasteiger partial charge in [-0.2, -0.15) is 4.31 Å². The summed E-state index contributed by atoms with van der Waals surface area (Å²) in [7, 11) is -2.73. The van der Waals surface area contributed by atoms with Gasteiger partial charge in [-0.25, -0.2) is 8.42 Å². The van der Waals surface area contributed by atoms with Crippen molar-refractivity contribution in [3.05, 3.63) is 104 Å². The zero-order chi connectivity index (χ0) is 25.3. The first-order valence-corrected chi connectivity index (χ1v) is 11.8. The molecule has 0 aliphatic heterocycles. The van der Waals surface area contributed by atoms with E-state index in [9.17, 15) is 18.5 Å². The second-order valence-corrected chi connectivity index (χ2v) is 9.08. The first-order chi connectivity index (χ1) is 16.9. The molecular formula is C24H21N5O5S. The molecule has 0 bridgehead atoms. The third-order valence-corrected chi connectivity index (χ3v) is 6.89. The first kappa shape index (κ1) is 25.3. The number of rotatable bonds is 9. The van der Waals surface area contributed by atoms with Gasteiger partial charge >= 0.3 is 0 Å². The SMILES string of the molecule is COc1cccc(CCN(CC#Cc2ccccc2N=[N+]=[N-])S(=O)(=O)c2ccccc2[N+](=O)[O-])c1. The van der Waals surface area contributed by atoms with Crippen molar-refractivity contribution >= 4 is 21.4 Å². The van der Waals surface area contributed by atoms with Crippen molar-refractivity contribution in [1.82, 2.24) is 4.31 Å². The fourth-order valence-corrected chi connectivity index (χ4v) is 4.77. The van der Waals surface area contributed by atoms with Crippen molar-refractivity contribution in [2.75, 3.05) is 20.2 Å². The number of sulfonamides is 1. The van der Waals surface area contributed by atoms with Crippen LogP contribution in [0, 0.1) is 22.0 Å². The number of hydrogen-bond donors (Lipinski definition) is 0. The smallest absolute Gasteiger partial charge is 0.289 e. The van der Waals surface area contributed by atoms with Crippen molar-refractivity contribution in [1.29, 1.82) is 0 Å². The molecule has 3 aromatic carbocycles. The van der Waals surface area contributed by atoms with Crippen molar-refractivity contribution in [3.8, 4) is 17.6 Å². The van der Waals surface area contributed by atoms with Crippen LogP contribution >= 0.6 is 0 Å². The lowest BCUT2D eigenvalue weighted by atomic mass is 10.1. The number of hydrogen-bond acceptors (Lipinski definition) is 6. The van der Waals surface area contributed by atoms with Crippen LogP contribution in [0.3, 0.4) is 0 Å². The van der Waals surface area contributed by atoms with Gasteiger partial charge in [0.25, 0.3) is 15.7 Å². The van der Waals surface area contributed by atoms with Gasteiger partial charge in [0, 0.05) is 23.1 Å². The summed E-state index contributed by atoms with van der Waals surface area (Å²) in [5.74, 6) is 6.26. The molecule has 0 saturated heterocycles. The number of para-hydroxylation sites is 1. The molecule has 0 amide bonds. The highest BCUT2D eigenvalue weighted by Crippen LogP contribution is 2.26. The third-order valence-electron chi connectivity index (χ3n) is 5.00. The maximum atomic E-state index is 13.5. The maximum absolute atomic E-state index is 13.5. The van der Waals surface area contributed by atoms with E-state index in [0.717, 1.165) is 15.9 Å². The van der Waals surface area contributed by atoms with Crippen LogP contribution in [0.4, 0.5) is 11.4 Å². The summed E-state index contributed by atoms with van der Waals surface area (Å²) in [6.45, 7) is -0.211. The number of benzene rings is 3. The van der Waals surface area contributed by atoms with Crippen LogP contribution in [0.2, 0.25) is 0 Å². The number of nitro benzene ring substituents is 1. The zero-order valence-electron chi connectivity index (χ0n) is 18.7. The molecule has 0 radical (unpaired) electrons. The minimum Gasteiger partial charge on any atom is -0.497 e. The fraction of sp³-hybridized carbons (Fsp3) is 0.167. The molecule has 3 rings (SSSR count). The summed E-state index contributed by atoms with van der Waals surface area (Å²) >= 11 is 0. The van der Waals surface area contributed by atoms with Gasteiger partial charge in [-0.1, -0.05) is 59.4 Å². The lowest BCUT2D eigenvalue weighted by Gasteiger charge is -2.20. The molecule has 35 heavy (non-hydrogen) atoms. The van der Waals surface area contributed by atoms with Crippen LogP contribution < -0.4 is 4.74 Å². The predicted molar refractivity (Wildman–Crippen MR) is 131 cm³/mol. The molecule has 0 atom stereocenters. The monoisotopic (exact) mass is 491 g/mol. The third kappa shape index (κ3) is 6.37. The molecule has 178 valence electrons. The second kappa shape index (κ2) is 11.7. The molecule has 0 aromatic heterocycles. The molecule has 0 aliphatic rings. The van der Waals surface area contributed by atoms with E-state index in [2.05, 4.69) is 21.9 Å². The Morgan fingerprint density at radius 2 is 1.86 bits per heavy atom. The van der Waals surface area contributed by atoms with Crippen molar-refractivity contribution in [2.45, 2.75) is 11.3 Å². The Morgan fingerprint density at radius 1 is 1.11 bits per heavy atom. The lowest BCUT2D eigenvalue weighted by Crippen LogP contribution is -2.33. The molecule has 0 aliphatic carbocycles. The van der Waals surface area contributed by atoms with E-state index in [-0.39, 0.29) is 13.1 Å². The van der Waals surface area contributed by atoms with Gasteiger partial charge in [0.2, 0.25) is 0 Å². The summed E-state index contributed by atoms with van der Waals surface area (Å²) in [6.07, 6.45) is 0.327. The number of methoxy groups -OCH3 is 1. The zero-order valence-corrected chi connectivity index (χ0v) is 19.6. The molecule has 10 nitrogen and oxygen atoms in total. The van der Waals surface area contributed by atoms with Gasteiger partial charge in [-0.3, -0.25) is 10.1 Å². The Kier molecular flexibility index (Phi) is 8.43. The fourth-order valence-electron chi connectivity index (χ4n) is 3.27. The summed E-state index contributed by atoms with van der Waals surface area (Å²) in [5.41, 5.74) is 9.79. The van der Waals surface area contributed by atoms with E-state index in [1.54, 1.807) is 42.5 Å². The molecule has 0 unspecified atom stereocenters. The number of nitro groups is 1. The Bertz CT molecular complexity index is 1440. The Balaban J connectivity index is 1.96. The minimum atomic E-state index is -4.26. The van der Waals surface area contributed by atoms with E-state index in [1.807, 2.05) is 6.07 Å². The predicted octanol–water partition coefficient (Wildman–Crippen LogP) is 4.83. The quantitative estimate of drug-likeness (QED) is 0.105. The summed E-state index contributed by atoms with van der Waals surface area (Å²) < 4.78 is 33.3. The van der Waals surface area contributed by atoms with Gasteiger partial charge in [0.15, 0.2) is 4.90 Å². The summed E-state index contributed by atoms with van der Waals surface area (Å²) in [5, 5.41) is 15.1. The molecule has 0 heterocycles. The van der Waals surface area contributed by atoms with Gasteiger partial charge in [-0.05, 0) is 41.8 Å². The number of azide groups is 1. The van der Waals surface area contributed by atoms with Crippen LogP contribution in [0.15, 0.2) is 82.8 Å². The van der Waals surface area contributed by atoms with Gasteiger partial charge < -0.3 is 4.74 Å². The molecule has 0 fully saturated rings. The topological polar surface area (TPSA) is 139 Å². The van der Waals surface area contributed by atoms with Crippen molar-refractivity contribution < 1.29 is 18.1 Å². The number of ether oxygens (including phenoxy) is 1. The Morgan fingerprint density at radius 3 is 2.60 bits per heavy atom. The lowest BCUT2D eigenvalue weighted by molar-refractivity contribution is -0.387. The Labute approximate surface area is 202 Å². The molecule has 0 saturated carbocycles. The van der Waals surface area contributed by atoms with Gasteiger partial charge in [0.1, 0.15) is 5.75 Å². The molecular weight excluding hydrogens is 470 g/mol. The van der Waals surface area contributed by atoms with Crippen LogP contribution in [0.25, 0.3) is 10.4 Å². The van der Waals surface area contributed by atoms with Crippen molar-refractivity contribution in [3.63, 3.8) is 0 Å². The van der Waals surface area contributed by atoms with Crippen LogP contribution in [0.5, 0.6) is 5.75 Å². The normalized spacial score (nSPS) is 10.7. The van der Waals surface area contributed by atoms with Crippen LogP contribution in [-0.2, 0) is 16.4 Å². The van der Waals surface area contributed by atoms with E-state index in [0.29, 0.717) is 23.4 Å². The highest BCUT2D eigenvalue weighted by Gasteiger charge is 2.30. The van der Waals surface area contributed by atoms with Crippen LogP contribution in [-0.4, -0.2) is 37.8 Å². The highest BCUT2D eigenvalue weighted by atomic mass is 32.2. The van der Waals surface area contributed by atoms with Crippen molar-refractivity contribution in [2.24, 2.45) is 5.11 Å². The highest BCUT2D eigenvalue weighted by molar-refractivity contribution is 7.89. The van der Waals surface area contributed by atoms with E-state index in [4.69, 9.17) is 10.3 Å². The molecule has 11 heteroatoms. The Hall–Kier alpha value is -4.36. The van der Waals surface area contributed by atoms with E-state index < -0.39 is 25.5 Å². The second-order valence-electron chi connectivity index (χ2n) is 7.17. The number of nitrogens with zero attached hydrogens (tertiary/aromatic N) is 5. The summed E-state index contributed by atoms with van der Waals surface area (Å²) in [6, 6.07) is 19.0. The van der Waals surface area contributed by atoms with E-state index in [1.165, 1.54) is 25.3 Å². The minimum absolute atomic E-state index is 0.0220. The van der Waals surface area contributed by atoms with Gasteiger partial charge in [0.05, 0.1) is 24.3 Å².